The van der Waals surface area contributed by atoms with Crippen LogP contribution in [-0.4, -0.2) is 38.8 Å². The molecular formula is C18H17N5OS. The van der Waals surface area contributed by atoms with Gasteiger partial charge in [0.05, 0.1) is 12.5 Å². The number of hydrogen-bond acceptors (Lipinski definition) is 5. The largest absolute Gasteiger partial charge is 0.346 e. The normalized spacial score (nSPS) is 13.7. The molecule has 0 aromatic carbocycles. The summed E-state index contributed by atoms with van der Waals surface area (Å²) in [5.74, 6) is 0.504. The van der Waals surface area contributed by atoms with Crippen LogP contribution in [0.5, 0.6) is 0 Å². The zero-order valence-corrected chi connectivity index (χ0v) is 14.4. The molecular weight excluding hydrogens is 334 g/mol. The Balaban J connectivity index is 1.60. The van der Waals surface area contributed by atoms with E-state index in [1.807, 2.05) is 23.7 Å². The summed E-state index contributed by atoms with van der Waals surface area (Å²) in [4.78, 5) is 26.5. The lowest BCUT2D eigenvalue weighted by Gasteiger charge is -2.20. The third kappa shape index (κ3) is 3.26. The van der Waals surface area contributed by atoms with Crippen molar-refractivity contribution < 1.29 is 4.79 Å². The average Bonchev–Trinajstić information content (AvgIpc) is 3.12. The number of nitrogens with zero attached hydrogens (tertiary/aromatic N) is 4. The highest BCUT2D eigenvalue weighted by Crippen LogP contribution is 2.32. The molecule has 0 bridgehead atoms. The third-order valence-corrected chi connectivity index (χ3v) is 5.25. The lowest BCUT2D eigenvalue weighted by Crippen LogP contribution is -2.34. The second-order valence-corrected chi connectivity index (χ2v) is 7.10. The molecule has 4 rings (SSSR count). The fourth-order valence-corrected chi connectivity index (χ4v) is 3.71. The third-order valence-electron chi connectivity index (χ3n) is 4.37. The van der Waals surface area contributed by atoms with E-state index < -0.39 is 0 Å². The summed E-state index contributed by atoms with van der Waals surface area (Å²) < 4.78 is 0. The number of amides is 1. The molecule has 1 aliphatic rings. The van der Waals surface area contributed by atoms with Gasteiger partial charge in [0.1, 0.15) is 16.3 Å². The van der Waals surface area contributed by atoms with E-state index in [2.05, 4.69) is 21.0 Å². The summed E-state index contributed by atoms with van der Waals surface area (Å²) in [5.41, 5.74) is 2.24. The van der Waals surface area contributed by atoms with E-state index in [1.165, 1.54) is 24.2 Å². The van der Waals surface area contributed by atoms with Crippen LogP contribution in [0, 0.1) is 17.2 Å². The zero-order valence-electron chi connectivity index (χ0n) is 13.6. The van der Waals surface area contributed by atoms with Crippen molar-refractivity contribution in [2.45, 2.75) is 19.3 Å². The summed E-state index contributed by atoms with van der Waals surface area (Å²) >= 11 is 1.46. The molecule has 3 aromatic rings. The highest BCUT2D eigenvalue weighted by molar-refractivity contribution is 7.13. The van der Waals surface area contributed by atoms with Crippen molar-refractivity contribution in [3.8, 4) is 16.6 Å². The van der Waals surface area contributed by atoms with Crippen molar-refractivity contribution in [3.63, 3.8) is 0 Å². The highest BCUT2D eigenvalue weighted by atomic mass is 32.1. The van der Waals surface area contributed by atoms with Gasteiger partial charge >= 0.3 is 0 Å². The number of fused-ring (bicyclic) bond motifs is 1. The average molecular weight is 351 g/mol. The molecule has 25 heavy (non-hydrogen) atoms. The molecule has 0 unspecified atom stereocenters. The number of thiazole rings is 1. The SMILES string of the molecule is N#CCCN(CC1CC1)C(=O)c1csc(-c2ccnc3[nH]ccc23)n1. The molecule has 0 spiro atoms. The Bertz CT molecular complexity index is 950. The van der Waals surface area contributed by atoms with Crippen LogP contribution in [0.15, 0.2) is 29.9 Å². The molecule has 1 saturated carbocycles. The van der Waals surface area contributed by atoms with Gasteiger partial charge in [0, 0.05) is 41.8 Å². The maximum atomic E-state index is 12.8. The first-order valence-electron chi connectivity index (χ1n) is 8.30. The molecule has 3 heterocycles. The number of H-pyrrole nitrogens is 1. The van der Waals surface area contributed by atoms with Crippen LogP contribution < -0.4 is 0 Å². The summed E-state index contributed by atoms with van der Waals surface area (Å²) in [5, 5.41) is 12.5. The number of nitrogens with one attached hydrogen (secondary N) is 1. The van der Waals surface area contributed by atoms with Crippen molar-refractivity contribution in [1.29, 1.82) is 5.26 Å². The van der Waals surface area contributed by atoms with Gasteiger partial charge in [-0.25, -0.2) is 9.97 Å². The maximum Gasteiger partial charge on any atom is 0.273 e. The van der Waals surface area contributed by atoms with E-state index in [-0.39, 0.29) is 5.91 Å². The molecule has 0 radical (unpaired) electrons. The van der Waals surface area contributed by atoms with Crippen molar-refractivity contribution in [1.82, 2.24) is 19.9 Å². The van der Waals surface area contributed by atoms with E-state index in [0.29, 0.717) is 24.6 Å². The smallest absolute Gasteiger partial charge is 0.273 e. The molecule has 6 nitrogen and oxygen atoms in total. The van der Waals surface area contributed by atoms with Crippen LogP contribution in [0.1, 0.15) is 29.8 Å². The number of carbonyl (C=O) groups excluding carboxylic acids is 1. The number of hydrogen-bond donors (Lipinski definition) is 1. The second kappa shape index (κ2) is 6.65. The van der Waals surface area contributed by atoms with Gasteiger partial charge in [-0.2, -0.15) is 5.26 Å². The predicted octanol–water partition coefficient (Wildman–Crippen LogP) is 3.45. The van der Waals surface area contributed by atoms with Crippen molar-refractivity contribution >= 4 is 28.3 Å². The van der Waals surface area contributed by atoms with Crippen molar-refractivity contribution in [2.24, 2.45) is 5.92 Å². The van der Waals surface area contributed by atoms with Gasteiger partial charge < -0.3 is 9.88 Å². The van der Waals surface area contributed by atoms with E-state index >= 15 is 0 Å². The van der Waals surface area contributed by atoms with Crippen LogP contribution >= 0.6 is 11.3 Å². The minimum Gasteiger partial charge on any atom is -0.346 e. The van der Waals surface area contributed by atoms with E-state index in [4.69, 9.17) is 5.26 Å². The monoisotopic (exact) mass is 351 g/mol. The fourth-order valence-electron chi connectivity index (χ4n) is 2.88. The zero-order chi connectivity index (χ0) is 17.2. The van der Waals surface area contributed by atoms with Crippen molar-refractivity contribution in [2.75, 3.05) is 13.1 Å². The van der Waals surface area contributed by atoms with Gasteiger partial charge in [-0.3, -0.25) is 4.79 Å². The molecule has 126 valence electrons. The highest BCUT2D eigenvalue weighted by Gasteiger charge is 2.28. The molecule has 0 saturated heterocycles. The maximum absolute atomic E-state index is 12.8. The second-order valence-electron chi connectivity index (χ2n) is 6.24. The summed E-state index contributed by atoms with van der Waals surface area (Å²) in [6, 6.07) is 6.01. The van der Waals surface area contributed by atoms with E-state index in [1.54, 1.807) is 11.1 Å². The minimum atomic E-state index is -0.0796. The van der Waals surface area contributed by atoms with Crippen LogP contribution in [-0.2, 0) is 0 Å². The first-order chi connectivity index (χ1) is 12.3. The lowest BCUT2D eigenvalue weighted by atomic mass is 10.2. The van der Waals surface area contributed by atoms with Gasteiger partial charge in [0.15, 0.2) is 0 Å². The number of nitriles is 1. The predicted molar refractivity (Wildman–Crippen MR) is 96.1 cm³/mol. The molecule has 0 atom stereocenters. The summed E-state index contributed by atoms with van der Waals surface area (Å²) in [6.07, 6.45) is 6.27. The quantitative estimate of drug-likeness (QED) is 0.737. The van der Waals surface area contributed by atoms with Crippen LogP contribution in [0.2, 0.25) is 0 Å². The molecule has 1 N–H and O–H groups in total. The summed E-state index contributed by atoms with van der Waals surface area (Å²) in [7, 11) is 0. The summed E-state index contributed by atoms with van der Waals surface area (Å²) in [6.45, 7) is 1.20. The molecule has 1 aliphatic carbocycles. The van der Waals surface area contributed by atoms with Gasteiger partial charge in [-0.05, 0) is 30.9 Å². The number of rotatable bonds is 6. The first-order valence-corrected chi connectivity index (χ1v) is 9.18. The van der Waals surface area contributed by atoms with E-state index in [9.17, 15) is 4.79 Å². The topological polar surface area (TPSA) is 85.7 Å². The van der Waals surface area contributed by atoms with E-state index in [0.717, 1.165) is 28.1 Å². The molecule has 0 aliphatic heterocycles. The lowest BCUT2D eigenvalue weighted by molar-refractivity contribution is 0.0746. The Hall–Kier alpha value is -2.72. The van der Waals surface area contributed by atoms with Gasteiger partial charge in [0.25, 0.3) is 5.91 Å². The Morgan fingerprint density at radius 2 is 2.32 bits per heavy atom. The van der Waals surface area contributed by atoms with Gasteiger partial charge in [0.2, 0.25) is 0 Å². The molecule has 3 aromatic heterocycles. The standard InChI is InChI=1S/C18H17N5OS/c19-6-1-9-23(10-12-2-3-12)18(24)15-11-25-17(22-15)14-5-8-21-16-13(14)4-7-20-16/h4-5,7-8,11-12H,1-3,9-10H2,(H,20,21). The molecule has 7 heteroatoms. The van der Waals surface area contributed by atoms with Crippen LogP contribution in [0.4, 0.5) is 0 Å². The Kier molecular flexibility index (Phi) is 4.20. The van der Waals surface area contributed by atoms with Crippen molar-refractivity contribution in [3.05, 3.63) is 35.6 Å². The Morgan fingerprint density at radius 1 is 1.44 bits per heavy atom. The number of aromatic nitrogens is 3. The number of carbonyl (C=O) groups is 1. The van der Waals surface area contributed by atoms with Gasteiger partial charge in [-0.15, -0.1) is 11.3 Å². The number of pyridine rings is 1. The first kappa shape index (κ1) is 15.8. The number of aromatic amines is 1. The van der Waals surface area contributed by atoms with Gasteiger partial charge in [-0.1, -0.05) is 0 Å². The Morgan fingerprint density at radius 3 is 3.12 bits per heavy atom. The van der Waals surface area contributed by atoms with Crippen LogP contribution in [0.3, 0.4) is 0 Å². The molecule has 1 amide bonds. The minimum absolute atomic E-state index is 0.0796. The Labute approximate surface area is 149 Å². The fraction of sp³-hybridized carbons (Fsp3) is 0.333. The molecule has 1 fully saturated rings. The van der Waals surface area contributed by atoms with Crippen LogP contribution in [0.25, 0.3) is 21.6 Å².